The second-order valence-electron chi connectivity index (χ2n) is 11.5. The zero-order chi connectivity index (χ0) is 22.0. The topological polar surface area (TPSA) is 34.7 Å². The minimum atomic E-state index is -1.11. The summed E-state index contributed by atoms with van der Waals surface area (Å²) in [5.41, 5.74) is 0. The van der Waals surface area contributed by atoms with Gasteiger partial charge in [-0.1, -0.05) is 112 Å². The van der Waals surface area contributed by atoms with E-state index in [1.807, 2.05) is 0 Å². The van der Waals surface area contributed by atoms with Crippen molar-refractivity contribution in [2.75, 3.05) is 41.3 Å². The fourth-order valence-corrected chi connectivity index (χ4v) is 18.5. The molecular formula is C18H52N4Si4Yb. The number of rotatable bonds is 7. The summed E-state index contributed by atoms with van der Waals surface area (Å²) in [5.74, 6) is 0. The Bertz CT molecular complexity index is 283. The van der Waals surface area contributed by atoms with Crippen LogP contribution in [-0.2, 0) is 0 Å². The minimum absolute atomic E-state index is 0. The minimum Gasteiger partial charge on any atom is -0.668 e. The van der Waals surface area contributed by atoms with Gasteiger partial charge in [-0.2, -0.15) is 0 Å². The third kappa shape index (κ3) is 52.5. The number of likely N-dealkylation sites (N-methyl/N-ethyl adjacent to an activating group) is 2. The van der Waals surface area contributed by atoms with E-state index >= 15 is 0 Å². The molecule has 0 saturated heterocycles. The first-order valence-corrected chi connectivity index (χ1v) is 23.6. The Balaban J connectivity index is -0.000000145. The van der Waals surface area contributed by atoms with E-state index in [9.17, 15) is 0 Å². The van der Waals surface area contributed by atoms with Crippen LogP contribution in [0.3, 0.4) is 0 Å². The van der Waals surface area contributed by atoms with Gasteiger partial charge in [-0.05, 0) is 28.2 Å². The fraction of sp³-hybridized carbons (Fsp3) is 1.00. The summed E-state index contributed by atoms with van der Waals surface area (Å²) in [6.07, 6.45) is 0. The van der Waals surface area contributed by atoms with Crippen LogP contribution >= 0.6 is 0 Å². The monoisotopic (exact) mass is 610 g/mol. The zero-order valence-corrected chi connectivity index (χ0v) is 27.2. The molecule has 0 spiro atoms. The van der Waals surface area contributed by atoms with Crippen molar-refractivity contribution in [2.45, 2.75) is 78.6 Å². The first kappa shape index (κ1) is 36.6. The summed E-state index contributed by atoms with van der Waals surface area (Å²) in [6, 6.07) is 0. The summed E-state index contributed by atoms with van der Waals surface area (Å²) in [6.45, 7) is 29.9. The predicted molar refractivity (Wildman–Crippen MR) is 137 cm³/mol. The Morgan fingerprint density at radius 2 is 0.593 bits per heavy atom. The van der Waals surface area contributed by atoms with Crippen LogP contribution in [-0.4, -0.2) is 84.0 Å². The van der Waals surface area contributed by atoms with E-state index in [2.05, 4.69) is 117 Å². The van der Waals surface area contributed by atoms with Crippen molar-refractivity contribution in [1.29, 1.82) is 0 Å². The average Bonchev–Trinajstić information content (AvgIpc) is 2.16. The normalized spacial score (nSPS) is 12.7. The van der Waals surface area contributed by atoms with Crippen molar-refractivity contribution in [3.8, 4) is 0 Å². The molecule has 0 aliphatic rings. The molecule has 0 bridgehead atoms. The van der Waals surface area contributed by atoms with Crippen molar-refractivity contribution in [2.24, 2.45) is 0 Å². The molecule has 0 heterocycles. The molecule has 0 radical (unpaired) electrons. The van der Waals surface area contributed by atoms with Crippen LogP contribution < -0.4 is 0 Å². The summed E-state index contributed by atoms with van der Waals surface area (Å²) >= 11 is 0. The van der Waals surface area contributed by atoms with Gasteiger partial charge in [-0.15, -0.1) is 0 Å². The van der Waals surface area contributed by atoms with E-state index in [0.29, 0.717) is 0 Å². The van der Waals surface area contributed by atoms with Crippen molar-refractivity contribution in [1.82, 2.24) is 9.80 Å². The Hall–Kier alpha value is 2.23. The Labute approximate surface area is 216 Å². The van der Waals surface area contributed by atoms with Crippen LogP contribution in [0.4, 0.5) is 0 Å². The molecule has 0 unspecified atom stereocenters. The molecular weight excluding hydrogens is 558 g/mol. The van der Waals surface area contributed by atoms with Crippen LogP contribution in [0.1, 0.15) is 0 Å². The molecule has 0 fully saturated rings. The maximum atomic E-state index is 4.82. The molecule has 0 aliphatic heterocycles. The van der Waals surface area contributed by atoms with Crippen LogP contribution in [0.25, 0.3) is 9.30 Å². The number of hydrogen-bond donors (Lipinski definition) is 0. The molecule has 0 aromatic rings. The van der Waals surface area contributed by atoms with Gasteiger partial charge in [-0.25, -0.2) is 0 Å². The molecule has 0 rings (SSSR count). The van der Waals surface area contributed by atoms with Crippen molar-refractivity contribution in [3.05, 3.63) is 9.30 Å². The van der Waals surface area contributed by atoms with E-state index < -0.39 is 32.9 Å². The zero-order valence-electron chi connectivity index (χ0n) is 21.5. The predicted octanol–water partition coefficient (Wildman–Crippen LogP) is 6.17. The van der Waals surface area contributed by atoms with Gasteiger partial charge >= 0.3 is 46.9 Å². The van der Waals surface area contributed by atoms with Crippen LogP contribution in [0.15, 0.2) is 0 Å². The maximum absolute atomic E-state index is 4.82. The van der Waals surface area contributed by atoms with Gasteiger partial charge in [0.1, 0.15) is 0 Å². The average molecular weight is 610 g/mol. The van der Waals surface area contributed by atoms with Crippen LogP contribution in [0, 0.1) is 46.9 Å². The van der Waals surface area contributed by atoms with Crippen molar-refractivity contribution >= 4 is 32.9 Å². The molecule has 0 N–H and O–H groups in total. The molecule has 0 amide bonds. The van der Waals surface area contributed by atoms with E-state index in [1.165, 1.54) is 0 Å². The molecule has 174 valence electrons. The Kier molecular flexibility index (Phi) is 21.6. The molecule has 4 nitrogen and oxygen atoms in total. The van der Waals surface area contributed by atoms with Gasteiger partial charge in [0.15, 0.2) is 0 Å². The first-order chi connectivity index (χ1) is 11.0. The second-order valence-corrected chi connectivity index (χ2v) is 30.7. The fourth-order valence-electron chi connectivity index (χ4n) is 2.41. The van der Waals surface area contributed by atoms with Gasteiger partial charge < -0.3 is 19.1 Å². The summed E-state index contributed by atoms with van der Waals surface area (Å²) in [7, 11) is 3.92. The Morgan fingerprint density at radius 3 is 0.630 bits per heavy atom. The standard InChI is InChI=1S/C6H16N2.2C6H18NSi2.Yb/c1-7(2)5-6-8(3)4;2*1-8(2,3)7-9(4,5)6;/h5-6H2,1-4H3;2*1-6H3;/q;2*-1;+2. The summed E-state index contributed by atoms with van der Waals surface area (Å²) < 4.78 is 9.64. The van der Waals surface area contributed by atoms with E-state index in [-0.39, 0.29) is 46.9 Å². The number of hydrogen-bond acceptors (Lipinski definition) is 2. The van der Waals surface area contributed by atoms with Crippen LogP contribution in [0.2, 0.25) is 78.6 Å². The van der Waals surface area contributed by atoms with Crippen molar-refractivity contribution in [3.63, 3.8) is 0 Å². The van der Waals surface area contributed by atoms with Crippen molar-refractivity contribution < 1.29 is 46.9 Å². The van der Waals surface area contributed by atoms with E-state index in [0.717, 1.165) is 13.1 Å². The maximum Gasteiger partial charge on any atom is 2.00 e. The quantitative estimate of drug-likeness (QED) is 0.324. The molecule has 0 aromatic carbocycles. The van der Waals surface area contributed by atoms with E-state index in [4.69, 9.17) is 9.30 Å². The van der Waals surface area contributed by atoms with Gasteiger partial charge in [0.2, 0.25) is 0 Å². The molecule has 0 atom stereocenters. The van der Waals surface area contributed by atoms with Gasteiger partial charge in [0.25, 0.3) is 0 Å². The summed E-state index contributed by atoms with van der Waals surface area (Å²) in [5, 5.41) is 0. The number of nitrogens with zero attached hydrogens (tertiary/aromatic N) is 4. The van der Waals surface area contributed by atoms with Gasteiger partial charge in [0, 0.05) is 13.1 Å². The van der Waals surface area contributed by atoms with Crippen LogP contribution in [0.5, 0.6) is 0 Å². The molecule has 27 heavy (non-hydrogen) atoms. The first-order valence-electron chi connectivity index (χ1n) is 9.82. The largest absolute Gasteiger partial charge is 2.00 e. The van der Waals surface area contributed by atoms with Gasteiger partial charge in [-0.3, -0.25) is 0 Å². The van der Waals surface area contributed by atoms with Gasteiger partial charge in [0.05, 0.1) is 0 Å². The SMILES string of the molecule is CN(C)CCN(C)C.C[Si](C)(C)[N-][Si](C)(C)C.C[Si](C)(C)[N-][Si](C)(C)C.[Yb+2]. The third-order valence-electron chi connectivity index (χ3n) is 2.34. The summed E-state index contributed by atoms with van der Waals surface area (Å²) in [4.78, 5) is 4.36. The van der Waals surface area contributed by atoms with E-state index in [1.54, 1.807) is 0 Å². The molecule has 0 saturated carbocycles. The molecule has 0 aliphatic carbocycles. The Morgan fingerprint density at radius 1 is 0.444 bits per heavy atom. The smallest absolute Gasteiger partial charge is 0.668 e. The third-order valence-corrected chi connectivity index (χ3v) is 13.1. The second kappa shape index (κ2) is 15.9. The molecule has 0 aromatic heterocycles. The molecule has 9 heteroatoms.